The summed E-state index contributed by atoms with van der Waals surface area (Å²) in [5.74, 6) is 2.27. The number of aryl methyl sites for hydroxylation is 1. The number of aromatic nitrogens is 2. The van der Waals surface area contributed by atoms with Gasteiger partial charge in [-0.15, -0.1) is 0 Å². The van der Waals surface area contributed by atoms with Gasteiger partial charge < -0.3 is 9.47 Å². The number of carbonyl (C=O) groups excluding carboxylic acids is 1. The van der Waals surface area contributed by atoms with E-state index in [4.69, 9.17) is 4.98 Å². The third kappa shape index (κ3) is 3.78. The number of hydrogen-bond donors (Lipinski definition) is 0. The molecule has 0 unspecified atom stereocenters. The Labute approximate surface area is 156 Å². The summed E-state index contributed by atoms with van der Waals surface area (Å²) in [6, 6.07) is 8.28. The zero-order chi connectivity index (χ0) is 17.9. The first-order valence-corrected chi connectivity index (χ1v) is 10.1. The standard InChI is InChI=1S/C21H30N4O/c1-23-19-9-5-4-8-18(19)22-20(23)16-24-12-14-25(15-13-24)21(26)11-10-17-6-2-3-7-17/h4-5,8-9,17H,2-3,6-7,10-16H2,1H3. The van der Waals surface area contributed by atoms with Gasteiger partial charge in [-0.25, -0.2) is 4.98 Å². The number of nitrogens with zero attached hydrogens (tertiary/aromatic N) is 4. The van der Waals surface area contributed by atoms with Crippen molar-refractivity contribution >= 4 is 16.9 Å². The van der Waals surface area contributed by atoms with Gasteiger partial charge in [-0.2, -0.15) is 0 Å². The average molecular weight is 354 g/mol. The van der Waals surface area contributed by atoms with Gasteiger partial charge in [0.05, 0.1) is 17.6 Å². The predicted octanol–water partition coefficient (Wildman–Crippen LogP) is 3.19. The minimum Gasteiger partial charge on any atom is -0.340 e. The summed E-state index contributed by atoms with van der Waals surface area (Å²) in [5, 5.41) is 0. The minimum atomic E-state index is 0.360. The number of carbonyl (C=O) groups is 1. The molecular formula is C21H30N4O. The Balaban J connectivity index is 1.27. The Morgan fingerprint density at radius 1 is 1.12 bits per heavy atom. The van der Waals surface area contributed by atoms with Crippen LogP contribution in [0, 0.1) is 5.92 Å². The average Bonchev–Trinajstić information content (AvgIpc) is 3.29. The highest BCUT2D eigenvalue weighted by Crippen LogP contribution is 2.28. The number of amides is 1. The summed E-state index contributed by atoms with van der Waals surface area (Å²) in [5.41, 5.74) is 2.24. The van der Waals surface area contributed by atoms with Crippen molar-refractivity contribution in [3.05, 3.63) is 30.1 Å². The normalized spacial score (nSPS) is 19.5. The zero-order valence-electron chi connectivity index (χ0n) is 15.9. The molecule has 2 aromatic rings. The van der Waals surface area contributed by atoms with Crippen LogP contribution in [0.5, 0.6) is 0 Å². The van der Waals surface area contributed by atoms with Gasteiger partial charge in [0.25, 0.3) is 0 Å². The van der Waals surface area contributed by atoms with Crippen LogP contribution in [0.2, 0.25) is 0 Å². The fourth-order valence-corrected chi connectivity index (χ4v) is 4.48. The van der Waals surface area contributed by atoms with Crippen LogP contribution in [-0.4, -0.2) is 51.4 Å². The van der Waals surface area contributed by atoms with Crippen LogP contribution in [0.3, 0.4) is 0 Å². The molecule has 5 nitrogen and oxygen atoms in total. The topological polar surface area (TPSA) is 41.4 Å². The highest BCUT2D eigenvalue weighted by molar-refractivity contribution is 5.76. The number of benzene rings is 1. The molecule has 0 spiro atoms. The number of para-hydroxylation sites is 2. The van der Waals surface area contributed by atoms with Crippen molar-refractivity contribution in [2.45, 2.75) is 45.1 Å². The smallest absolute Gasteiger partial charge is 0.222 e. The third-order valence-corrected chi connectivity index (χ3v) is 6.21. The highest BCUT2D eigenvalue weighted by Gasteiger charge is 2.23. The summed E-state index contributed by atoms with van der Waals surface area (Å²) in [4.78, 5) is 21.7. The van der Waals surface area contributed by atoms with Gasteiger partial charge in [0.15, 0.2) is 0 Å². The van der Waals surface area contributed by atoms with E-state index < -0.39 is 0 Å². The first-order valence-electron chi connectivity index (χ1n) is 10.1. The van der Waals surface area contributed by atoms with Gasteiger partial charge >= 0.3 is 0 Å². The van der Waals surface area contributed by atoms with Crippen molar-refractivity contribution in [2.24, 2.45) is 13.0 Å². The molecule has 1 aromatic carbocycles. The monoisotopic (exact) mass is 354 g/mol. The summed E-state index contributed by atoms with van der Waals surface area (Å²) in [7, 11) is 2.09. The molecule has 0 atom stereocenters. The summed E-state index contributed by atoms with van der Waals surface area (Å²) in [6.07, 6.45) is 7.23. The Hall–Kier alpha value is -1.88. The number of piperazine rings is 1. The van der Waals surface area contributed by atoms with Gasteiger partial charge in [-0.05, 0) is 24.5 Å². The van der Waals surface area contributed by atoms with E-state index in [1.54, 1.807) is 0 Å². The number of rotatable bonds is 5. The lowest BCUT2D eigenvalue weighted by Gasteiger charge is -2.34. The lowest BCUT2D eigenvalue weighted by molar-refractivity contribution is -0.133. The summed E-state index contributed by atoms with van der Waals surface area (Å²) >= 11 is 0. The molecule has 1 saturated carbocycles. The second kappa shape index (κ2) is 7.78. The highest BCUT2D eigenvalue weighted by atomic mass is 16.2. The first kappa shape index (κ1) is 17.5. The van der Waals surface area contributed by atoms with E-state index in [1.165, 1.54) is 31.2 Å². The maximum Gasteiger partial charge on any atom is 0.222 e. The fourth-order valence-electron chi connectivity index (χ4n) is 4.48. The van der Waals surface area contributed by atoms with Crippen molar-refractivity contribution in [2.75, 3.05) is 26.2 Å². The van der Waals surface area contributed by atoms with E-state index in [0.717, 1.165) is 62.8 Å². The van der Waals surface area contributed by atoms with E-state index in [-0.39, 0.29) is 0 Å². The quantitative estimate of drug-likeness (QED) is 0.828. The molecular weight excluding hydrogens is 324 g/mol. The summed E-state index contributed by atoms with van der Waals surface area (Å²) < 4.78 is 2.19. The molecule has 1 aliphatic carbocycles. The zero-order valence-corrected chi connectivity index (χ0v) is 15.9. The minimum absolute atomic E-state index is 0.360. The Morgan fingerprint density at radius 3 is 2.58 bits per heavy atom. The van der Waals surface area contributed by atoms with Gasteiger partial charge in [0.1, 0.15) is 5.82 Å². The lowest BCUT2D eigenvalue weighted by Crippen LogP contribution is -2.48. The van der Waals surface area contributed by atoms with Gasteiger partial charge in [-0.3, -0.25) is 9.69 Å². The molecule has 2 heterocycles. The van der Waals surface area contributed by atoms with E-state index in [9.17, 15) is 4.79 Å². The molecule has 2 fully saturated rings. The fraction of sp³-hybridized carbons (Fsp3) is 0.619. The van der Waals surface area contributed by atoms with Gasteiger partial charge in [0.2, 0.25) is 5.91 Å². The van der Waals surface area contributed by atoms with Crippen LogP contribution in [0.4, 0.5) is 0 Å². The van der Waals surface area contributed by atoms with Crippen molar-refractivity contribution in [3.63, 3.8) is 0 Å². The molecule has 0 bridgehead atoms. The van der Waals surface area contributed by atoms with Gasteiger partial charge in [-0.1, -0.05) is 37.8 Å². The van der Waals surface area contributed by atoms with E-state index in [1.807, 2.05) is 6.07 Å². The van der Waals surface area contributed by atoms with Crippen LogP contribution < -0.4 is 0 Å². The van der Waals surface area contributed by atoms with Gasteiger partial charge in [0, 0.05) is 39.6 Å². The molecule has 1 aromatic heterocycles. The van der Waals surface area contributed by atoms with E-state index in [2.05, 4.69) is 39.6 Å². The van der Waals surface area contributed by atoms with Crippen LogP contribution in [0.1, 0.15) is 44.3 Å². The van der Waals surface area contributed by atoms with E-state index in [0.29, 0.717) is 5.91 Å². The van der Waals surface area contributed by atoms with Crippen molar-refractivity contribution in [1.29, 1.82) is 0 Å². The van der Waals surface area contributed by atoms with Crippen molar-refractivity contribution < 1.29 is 4.79 Å². The van der Waals surface area contributed by atoms with E-state index >= 15 is 0 Å². The number of hydrogen-bond acceptors (Lipinski definition) is 3. The molecule has 1 saturated heterocycles. The summed E-state index contributed by atoms with van der Waals surface area (Å²) in [6.45, 7) is 4.45. The Bertz CT molecular complexity index is 754. The molecule has 0 radical (unpaired) electrons. The second-order valence-corrected chi connectivity index (χ2v) is 7.92. The van der Waals surface area contributed by atoms with Crippen molar-refractivity contribution in [3.8, 4) is 0 Å². The SMILES string of the molecule is Cn1c(CN2CCN(C(=O)CCC3CCCC3)CC2)nc2ccccc21. The number of fused-ring (bicyclic) bond motifs is 1. The van der Waals surface area contributed by atoms with Crippen LogP contribution in [0.25, 0.3) is 11.0 Å². The first-order chi connectivity index (χ1) is 12.7. The molecule has 1 amide bonds. The third-order valence-electron chi connectivity index (χ3n) is 6.21. The van der Waals surface area contributed by atoms with Crippen LogP contribution in [-0.2, 0) is 18.4 Å². The van der Waals surface area contributed by atoms with Crippen LogP contribution >= 0.6 is 0 Å². The van der Waals surface area contributed by atoms with Crippen LogP contribution in [0.15, 0.2) is 24.3 Å². The second-order valence-electron chi connectivity index (χ2n) is 7.92. The molecule has 4 rings (SSSR count). The molecule has 5 heteroatoms. The largest absolute Gasteiger partial charge is 0.340 e. The Morgan fingerprint density at radius 2 is 1.85 bits per heavy atom. The molecule has 140 valence electrons. The molecule has 1 aliphatic heterocycles. The molecule has 0 N–H and O–H groups in total. The van der Waals surface area contributed by atoms with Crippen molar-refractivity contribution in [1.82, 2.24) is 19.4 Å². The molecule has 26 heavy (non-hydrogen) atoms. The molecule has 2 aliphatic rings. The maximum atomic E-state index is 12.5. The Kier molecular flexibility index (Phi) is 5.25. The number of imidazole rings is 1. The maximum absolute atomic E-state index is 12.5. The lowest BCUT2D eigenvalue weighted by atomic mass is 10.0. The predicted molar refractivity (Wildman–Crippen MR) is 104 cm³/mol.